The number of fused-ring (bicyclic) bond motifs is 1. The maximum atomic E-state index is 11.6. The van der Waals surface area contributed by atoms with Gasteiger partial charge in [-0.1, -0.05) is 6.07 Å². The third-order valence-corrected chi connectivity index (χ3v) is 3.73. The molecule has 0 radical (unpaired) electrons. The minimum atomic E-state index is -0.0321. The molecule has 0 fully saturated rings. The standard InChI is InChI=1S/C15H18N4O/c1-18-15(20)10-12-11-19(9-6-14(12)17-18)8-5-13-4-2-3-7-16-13/h2-4,7,10H,5-6,8-9,11H2,1H3. The first-order chi connectivity index (χ1) is 9.72. The number of pyridine rings is 1. The number of hydrogen-bond acceptors (Lipinski definition) is 4. The van der Waals surface area contributed by atoms with Crippen molar-refractivity contribution >= 4 is 0 Å². The fourth-order valence-electron chi connectivity index (χ4n) is 2.56. The van der Waals surface area contributed by atoms with Crippen LogP contribution in [0.4, 0.5) is 0 Å². The van der Waals surface area contributed by atoms with Gasteiger partial charge in [-0.15, -0.1) is 0 Å². The summed E-state index contributed by atoms with van der Waals surface area (Å²) in [6.45, 7) is 2.77. The Bertz CT molecular complexity index is 651. The summed E-state index contributed by atoms with van der Waals surface area (Å²) in [4.78, 5) is 18.3. The van der Waals surface area contributed by atoms with Gasteiger partial charge in [0.15, 0.2) is 0 Å². The molecule has 0 bridgehead atoms. The Labute approximate surface area is 117 Å². The zero-order valence-electron chi connectivity index (χ0n) is 11.6. The summed E-state index contributed by atoms with van der Waals surface area (Å²) >= 11 is 0. The van der Waals surface area contributed by atoms with Gasteiger partial charge in [0.1, 0.15) is 0 Å². The molecule has 2 aromatic rings. The summed E-state index contributed by atoms with van der Waals surface area (Å²) in [7, 11) is 1.70. The molecule has 0 saturated heterocycles. The van der Waals surface area contributed by atoms with Crippen molar-refractivity contribution in [1.29, 1.82) is 0 Å². The van der Waals surface area contributed by atoms with Crippen LogP contribution in [0, 0.1) is 0 Å². The van der Waals surface area contributed by atoms with Crippen molar-refractivity contribution in [2.24, 2.45) is 7.05 Å². The van der Waals surface area contributed by atoms with Crippen LogP contribution in [-0.2, 0) is 26.4 Å². The normalized spacial score (nSPS) is 15.1. The second kappa shape index (κ2) is 5.54. The van der Waals surface area contributed by atoms with Crippen LogP contribution < -0.4 is 5.56 Å². The monoisotopic (exact) mass is 270 g/mol. The van der Waals surface area contributed by atoms with Crippen LogP contribution in [0.2, 0.25) is 0 Å². The van der Waals surface area contributed by atoms with Crippen LogP contribution in [0.25, 0.3) is 0 Å². The van der Waals surface area contributed by atoms with E-state index in [1.807, 2.05) is 18.3 Å². The Morgan fingerprint density at radius 3 is 3.05 bits per heavy atom. The average Bonchev–Trinajstić information content (AvgIpc) is 2.47. The average molecular weight is 270 g/mol. The largest absolute Gasteiger partial charge is 0.298 e. The number of aryl methyl sites for hydroxylation is 1. The molecule has 0 N–H and O–H groups in total. The minimum Gasteiger partial charge on any atom is -0.298 e. The van der Waals surface area contributed by atoms with Crippen molar-refractivity contribution in [2.45, 2.75) is 19.4 Å². The lowest BCUT2D eigenvalue weighted by molar-refractivity contribution is 0.252. The molecule has 104 valence electrons. The van der Waals surface area contributed by atoms with Gasteiger partial charge in [-0.2, -0.15) is 5.10 Å². The molecule has 0 aromatic carbocycles. The highest BCUT2D eigenvalue weighted by Gasteiger charge is 2.18. The van der Waals surface area contributed by atoms with Crippen molar-refractivity contribution in [3.63, 3.8) is 0 Å². The van der Waals surface area contributed by atoms with Crippen LogP contribution in [0.3, 0.4) is 0 Å². The van der Waals surface area contributed by atoms with Gasteiger partial charge in [-0.25, -0.2) is 4.68 Å². The Morgan fingerprint density at radius 1 is 1.35 bits per heavy atom. The fraction of sp³-hybridized carbons (Fsp3) is 0.400. The van der Waals surface area contributed by atoms with Crippen molar-refractivity contribution in [3.05, 3.63) is 57.8 Å². The van der Waals surface area contributed by atoms with E-state index in [4.69, 9.17) is 0 Å². The van der Waals surface area contributed by atoms with Crippen LogP contribution in [-0.4, -0.2) is 32.8 Å². The molecular formula is C15H18N4O. The summed E-state index contributed by atoms with van der Waals surface area (Å²) in [5.74, 6) is 0. The highest BCUT2D eigenvalue weighted by Crippen LogP contribution is 2.15. The molecule has 0 saturated carbocycles. The molecule has 1 aliphatic heterocycles. The lowest BCUT2D eigenvalue weighted by Gasteiger charge is -2.27. The van der Waals surface area contributed by atoms with E-state index >= 15 is 0 Å². The smallest absolute Gasteiger partial charge is 0.266 e. The summed E-state index contributed by atoms with van der Waals surface area (Å²) in [5.41, 5.74) is 3.21. The molecular weight excluding hydrogens is 252 g/mol. The van der Waals surface area contributed by atoms with Gasteiger partial charge in [0.05, 0.1) is 5.69 Å². The van der Waals surface area contributed by atoms with Crippen molar-refractivity contribution in [1.82, 2.24) is 19.7 Å². The van der Waals surface area contributed by atoms with Gasteiger partial charge < -0.3 is 0 Å². The quantitative estimate of drug-likeness (QED) is 0.827. The lowest BCUT2D eigenvalue weighted by atomic mass is 10.1. The Hall–Kier alpha value is -2.01. The van der Waals surface area contributed by atoms with Gasteiger partial charge >= 0.3 is 0 Å². The lowest BCUT2D eigenvalue weighted by Crippen LogP contribution is -2.35. The van der Waals surface area contributed by atoms with Crippen LogP contribution in [0.15, 0.2) is 35.3 Å². The first-order valence-electron chi connectivity index (χ1n) is 6.91. The predicted molar refractivity (Wildman–Crippen MR) is 76.4 cm³/mol. The molecule has 5 heteroatoms. The highest BCUT2D eigenvalue weighted by atomic mass is 16.1. The van der Waals surface area contributed by atoms with Gasteiger partial charge in [-0.3, -0.25) is 14.7 Å². The molecule has 0 amide bonds. The molecule has 5 nitrogen and oxygen atoms in total. The van der Waals surface area contributed by atoms with Gasteiger partial charge in [0.2, 0.25) is 0 Å². The summed E-state index contributed by atoms with van der Waals surface area (Å²) < 4.78 is 1.42. The van der Waals surface area contributed by atoms with Crippen LogP contribution in [0.5, 0.6) is 0 Å². The number of rotatable bonds is 3. The first-order valence-corrected chi connectivity index (χ1v) is 6.91. The molecule has 1 aliphatic rings. The molecule has 2 aromatic heterocycles. The van der Waals surface area contributed by atoms with E-state index in [9.17, 15) is 4.79 Å². The number of aromatic nitrogens is 3. The van der Waals surface area contributed by atoms with E-state index < -0.39 is 0 Å². The number of nitrogens with zero attached hydrogens (tertiary/aromatic N) is 4. The molecule has 3 rings (SSSR count). The second-order valence-corrected chi connectivity index (χ2v) is 5.18. The summed E-state index contributed by atoms with van der Waals surface area (Å²) in [6.07, 6.45) is 3.68. The zero-order valence-corrected chi connectivity index (χ0v) is 11.6. The fourth-order valence-corrected chi connectivity index (χ4v) is 2.56. The Balaban J connectivity index is 1.67. The van der Waals surface area contributed by atoms with E-state index in [1.54, 1.807) is 13.1 Å². The third-order valence-electron chi connectivity index (χ3n) is 3.73. The molecule has 0 aliphatic carbocycles. The van der Waals surface area contributed by atoms with Crippen LogP contribution in [0.1, 0.15) is 17.0 Å². The minimum absolute atomic E-state index is 0.0321. The maximum Gasteiger partial charge on any atom is 0.266 e. The van der Waals surface area contributed by atoms with Gasteiger partial charge in [0, 0.05) is 57.5 Å². The molecule has 0 atom stereocenters. The van der Waals surface area contributed by atoms with E-state index in [0.717, 1.165) is 49.4 Å². The highest BCUT2D eigenvalue weighted by molar-refractivity contribution is 5.20. The summed E-state index contributed by atoms with van der Waals surface area (Å²) in [6, 6.07) is 7.72. The van der Waals surface area contributed by atoms with Crippen molar-refractivity contribution in [3.8, 4) is 0 Å². The van der Waals surface area contributed by atoms with E-state index in [-0.39, 0.29) is 5.56 Å². The van der Waals surface area contributed by atoms with Crippen LogP contribution >= 0.6 is 0 Å². The van der Waals surface area contributed by atoms with E-state index in [0.29, 0.717) is 0 Å². The maximum absolute atomic E-state index is 11.6. The van der Waals surface area contributed by atoms with Gasteiger partial charge in [0.25, 0.3) is 5.56 Å². The van der Waals surface area contributed by atoms with E-state index in [1.165, 1.54) is 4.68 Å². The third kappa shape index (κ3) is 2.77. The second-order valence-electron chi connectivity index (χ2n) is 5.18. The van der Waals surface area contributed by atoms with Crippen molar-refractivity contribution in [2.75, 3.05) is 13.1 Å². The van der Waals surface area contributed by atoms with Gasteiger partial charge in [-0.05, 0) is 17.7 Å². The Morgan fingerprint density at radius 2 is 2.25 bits per heavy atom. The molecule has 0 spiro atoms. The predicted octanol–water partition coefficient (Wildman–Crippen LogP) is 0.776. The Kier molecular flexibility index (Phi) is 3.60. The van der Waals surface area contributed by atoms with Crippen molar-refractivity contribution < 1.29 is 0 Å². The van der Waals surface area contributed by atoms with E-state index in [2.05, 4.69) is 21.0 Å². The SMILES string of the molecule is Cn1nc2c(cc1=O)CN(CCc1ccccn1)CC2. The zero-order chi connectivity index (χ0) is 13.9. The molecule has 3 heterocycles. The first kappa shape index (κ1) is 13.0. The topological polar surface area (TPSA) is 51.0 Å². The molecule has 0 unspecified atom stereocenters. The molecule has 20 heavy (non-hydrogen) atoms. The summed E-state index contributed by atoms with van der Waals surface area (Å²) in [5, 5.41) is 4.33. The number of hydrogen-bond donors (Lipinski definition) is 0.